The van der Waals surface area contributed by atoms with Crippen LogP contribution in [0, 0.1) is 0 Å². The standard InChI is InChI=1S/C14H16ClNO6/c15-6-1-2-7-8(3-6)16-4-9(7)21-14-13(20)12(19)11(18)10(5-17)22-14/h1-4,10-14,16-20H,5H2/t10-,11+,12+,13-,14-/m0/s1. The maximum atomic E-state index is 9.96. The van der Waals surface area contributed by atoms with Gasteiger partial charge in [0.25, 0.3) is 0 Å². The molecule has 5 atom stereocenters. The van der Waals surface area contributed by atoms with Crippen molar-refractivity contribution in [2.24, 2.45) is 0 Å². The highest BCUT2D eigenvalue weighted by molar-refractivity contribution is 6.31. The molecule has 1 aromatic carbocycles. The lowest BCUT2D eigenvalue weighted by Gasteiger charge is -2.39. The second kappa shape index (κ2) is 6.04. The minimum atomic E-state index is -1.48. The number of aromatic amines is 1. The first-order chi connectivity index (χ1) is 10.5. The zero-order chi connectivity index (χ0) is 15.9. The van der Waals surface area contributed by atoms with Crippen LogP contribution in [0.5, 0.6) is 5.75 Å². The number of fused-ring (bicyclic) bond motifs is 1. The first-order valence-electron chi connectivity index (χ1n) is 6.75. The Morgan fingerprint density at radius 1 is 1.18 bits per heavy atom. The van der Waals surface area contributed by atoms with Crippen LogP contribution in [0.3, 0.4) is 0 Å². The minimum Gasteiger partial charge on any atom is -0.460 e. The van der Waals surface area contributed by atoms with Crippen LogP contribution < -0.4 is 4.74 Å². The van der Waals surface area contributed by atoms with E-state index in [1.807, 2.05) is 0 Å². The average molecular weight is 330 g/mol. The van der Waals surface area contributed by atoms with Crippen molar-refractivity contribution in [2.75, 3.05) is 6.61 Å². The van der Waals surface area contributed by atoms with Crippen LogP contribution in [0.1, 0.15) is 0 Å². The van der Waals surface area contributed by atoms with E-state index < -0.39 is 37.3 Å². The fourth-order valence-corrected chi connectivity index (χ4v) is 2.63. The van der Waals surface area contributed by atoms with E-state index >= 15 is 0 Å². The van der Waals surface area contributed by atoms with Gasteiger partial charge in [0.1, 0.15) is 30.2 Å². The predicted molar refractivity (Wildman–Crippen MR) is 77.7 cm³/mol. The van der Waals surface area contributed by atoms with Gasteiger partial charge in [-0.15, -0.1) is 0 Å². The van der Waals surface area contributed by atoms with E-state index in [1.54, 1.807) is 24.4 Å². The molecule has 0 unspecified atom stereocenters. The largest absolute Gasteiger partial charge is 0.460 e. The zero-order valence-corrected chi connectivity index (χ0v) is 12.1. The number of aliphatic hydroxyl groups is 4. The SMILES string of the molecule is OC[C@@H]1O[C@H](Oc2c[nH]c3cc(Cl)ccc23)[C@@H](O)[C@H](O)[C@@H]1O. The molecule has 0 spiro atoms. The number of hydrogen-bond acceptors (Lipinski definition) is 6. The van der Waals surface area contributed by atoms with E-state index in [0.29, 0.717) is 10.8 Å². The van der Waals surface area contributed by atoms with Gasteiger partial charge in [-0.2, -0.15) is 0 Å². The van der Waals surface area contributed by atoms with E-state index in [-0.39, 0.29) is 0 Å². The van der Waals surface area contributed by atoms with Gasteiger partial charge in [-0.3, -0.25) is 0 Å². The van der Waals surface area contributed by atoms with Gasteiger partial charge in [-0.05, 0) is 18.2 Å². The number of benzene rings is 1. The molecule has 0 saturated carbocycles. The topological polar surface area (TPSA) is 115 Å². The lowest BCUT2D eigenvalue weighted by atomic mass is 9.99. The maximum Gasteiger partial charge on any atom is 0.229 e. The van der Waals surface area contributed by atoms with Crippen molar-refractivity contribution in [3.05, 3.63) is 29.4 Å². The molecule has 2 heterocycles. The molecular weight excluding hydrogens is 314 g/mol. The third-order valence-electron chi connectivity index (χ3n) is 3.70. The Kier molecular flexibility index (Phi) is 4.26. The second-order valence-corrected chi connectivity index (χ2v) is 5.59. The zero-order valence-electron chi connectivity index (χ0n) is 11.4. The summed E-state index contributed by atoms with van der Waals surface area (Å²) in [5.41, 5.74) is 0.743. The molecule has 0 amide bonds. The summed E-state index contributed by atoms with van der Waals surface area (Å²) < 4.78 is 10.9. The summed E-state index contributed by atoms with van der Waals surface area (Å²) in [7, 11) is 0. The number of aliphatic hydroxyl groups excluding tert-OH is 4. The molecule has 22 heavy (non-hydrogen) atoms. The van der Waals surface area contributed by atoms with Crippen LogP contribution in [0.25, 0.3) is 10.9 Å². The first kappa shape index (κ1) is 15.5. The average Bonchev–Trinajstić information content (AvgIpc) is 2.90. The number of rotatable bonds is 3. The molecule has 5 N–H and O–H groups in total. The highest BCUT2D eigenvalue weighted by Crippen LogP contribution is 2.31. The van der Waals surface area contributed by atoms with Crippen LogP contribution >= 0.6 is 11.6 Å². The van der Waals surface area contributed by atoms with Gasteiger partial charge in [-0.1, -0.05) is 11.6 Å². The van der Waals surface area contributed by atoms with Crippen LogP contribution in [-0.2, 0) is 4.74 Å². The molecule has 1 aliphatic rings. The van der Waals surface area contributed by atoms with Crippen molar-refractivity contribution in [1.82, 2.24) is 4.98 Å². The van der Waals surface area contributed by atoms with Gasteiger partial charge in [0.15, 0.2) is 0 Å². The third kappa shape index (κ3) is 2.67. The molecule has 1 saturated heterocycles. The van der Waals surface area contributed by atoms with Crippen molar-refractivity contribution in [2.45, 2.75) is 30.7 Å². The predicted octanol–water partition coefficient (Wildman–Crippen LogP) is -0.000000000000000278. The van der Waals surface area contributed by atoms with Crippen molar-refractivity contribution in [3.8, 4) is 5.75 Å². The van der Waals surface area contributed by atoms with Crippen molar-refractivity contribution in [3.63, 3.8) is 0 Å². The maximum absolute atomic E-state index is 9.96. The number of hydrogen-bond donors (Lipinski definition) is 5. The molecule has 1 fully saturated rings. The Morgan fingerprint density at radius 3 is 2.68 bits per heavy atom. The monoisotopic (exact) mass is 329 g/mol. The van der Waals surface area contributed by atoms with Crippen LogP contribution in [-0.4, -0.2) is 62.7 Å². The second-order valence-electron chi connectivity index (χ2n) is 5.16. The number of aromatic nitrogens is 1. The molecule has 120 valence electrons. The smallest absolute Gasteiger partial charge is 0.229 e. The Morgan fingerprint density at radius 2 is 1.95 bits per heavy atom. The molecule has 0 radical (unpaired) electrons. The van der Waals surface area contributed by atoms with Gasteiger partial charge in [0.05, 0.1) is 12.1 Å². The van der Waals surface area contributed by atoms with E-state index in [9.17, 15) is 15.3 Å². The number of H-pyrrole nitrogens is 1. The van der Waals surface area contributed by atoms with E-state index in [1.165, 1.54) is 0 Å². The minimum absolute atomic E-state index is 0.399. The summed E-state index contributed by atoms with van der Waals surface area (Å²) in [6.07, 6.45) is -5.00. The molecule has 8 heteroatoms. The highest BCUT2D eigenvalue weighted by Gasteiger charge is 2.44. The third-order valence-corrected chi connectivity index (χ3v) is 3.93. The Bertz CT molecular complexity index is 660. The Balaban J connectivity index is 1.84. The van der Waals surface area contributed by atoms with Gasteiger partial charge in [0.2, 0.25) is 6.29 Å². The fraction of sp³-hybridized carbons (Fsp3) is 0.429. The van der Waals surface area contributed by atoms with Crippen LogP contribution in [0.2, 0.25) is 5.02 Å². The van der Waals surface area contributed by atoms with E-state index in [0.717, 1.165) is 10.9 Å². The summed E-state index contributed by atoms with van der Waals surface area (Å²) in [4.78, 5) is 2.97. The molecule has 1 aliphatic heterocycles. The van der Waals surface area contributed by atoms with Crippen molar-refractivity contribution in [1.29, 1.82) is 0 Å². The fourth-order valence-electron chi connectivity index (χ4n) is 2.46. The molecule has 0 bridgehead atoms. The summed E-state index contributed by atoms with van der Waals surface area (Å²) in [6, 6.07) is 5.16. The van der Waals surface area contributed by atoms with Gasteiger partial charge in [-0.25, -0.2) is 0 Å². The van der Waals surface area contributed by atoms with Gasteiger partial charge >= 0.3 is 0 Å². The molecule has 2 aromatic rings. The molecular formula is C14H16ClNO6. The molecule has 3 rings (SSSR count). The first-order valence-corrected chi connectivity index (χ1v) is 7.13. The lowest BCUT2D eigenvalue weighted by molar-refractivity contribution is -0.277. The van der Waals surface area contributed by atoms with Gasteiger partial charge < -0.3 is 34.9 Å². The van der Waals surface area contributed by atoms with Crippen molar-refractivity contribution >= 4 is 22.5 Å². The summed E-state index contributed by atoms with van der Waals surface area (Å²) in [5, 5.41) is 39.9. The van der Waals surface area contributed by atoms with Crippen LogP contribution in [0.4, 0.5) is 0 Å². The quantitative estimate of drug-likeness (QED) is 0.541. The Hall–Kier alpha value is -1.35. The molecule has 1 aromatic heterocycles. The van der Waals surface area contributed by atoms with E-state index in [4.69, 9.17) is 26.2 Å². The summed E-state index contributed by atoms with van der Waals surface area (Å²) >= 11 is 5.90. The molecule has 0 aliphatic carbocycles. The van der Waals surface area contributed by atoms with Gasteiger partial charge in [0, 0.05) is 16.6 Å². The summed E-state index contributed by atoms with van der Waals surface area (Å²) in [5.74, 6) is 0.399. The summed E-state index contributed by atoms with van der Waals surface area (Å²) in [6.45, 7) is -0.506. The normalized spacial score (nSPS) is 32.3. The van der Waals surface area contributed by atoms with E-state index in [2.05, 4.69) is 4.98 Å². The van der Waals surface area contributed by atoms with Crippen molar-refractivity contribution < 1.29 is 29.9 Å². The number of halogens is 1. The lowest BCUT2D eigenvalue weighted by Crippen LogP contribution is -2.60. The highest BCUT2D eigenvalue weighted by atomic mass is 35.5. The number of nitrogens with one attached hydrogen (secondary N) is 1. The number of ether oxygens (including phenoxy) is 2. The Labute approximate surface area is 130 Å². The molecule has 7 nitrogen and oxygen atoms in total. The van der Waals surface area contributed by atoms with Crippen LogP contribution in [0.15, 0.2) is 24.4 Å².